The maximum Gasteiger partial charge on any atom is 0.194 e. The zero-order valence-corrected chi connectivity index (χ0v) is 12.8. The third-order valence-electron chi connectivity index (χ3n) is 2.68. The molecule has 1 heterocycles. The molecule has 0 spiro atoms. The Morgan fingerprint density at radius 1 is 1.40 bits per heavy atom. The van der Waals surface area contributed by atoms with Gasteiger partial charge >= 0.3 is 0 Å². The SMILES string of the molecule is CNC(=S)Nc1ccc(OCc2n[nH]c(=S)n2C)cc1. The molecule has 6 nitrogen and oxygen atoms in total. The monoisotopic (exact) mass is 309 g/mol. The number of thiocarbonyl (C=S) groups is 1. The van der Waals surface area contributed by atoms with E-state index in [1.165, 1.54) is 0 Å². The number of anilines is 1. The fourth-order valence-corrected chi connectivity index (χ4v) is 1.75. The minimum absolute atomic E-state index is 0.353. The molecule has 0 radical (unpaired) electrons. The van der Waals surface area contributed by atoms with Gasteiger partial charge in [0.05, 0.1) is 0 Å². The minimum Gasteiger partial charge on any atom is -0.486 e. The molecule has 20 heavy (non-hydrogen) atoms. The first-order valence-corrected chi connectivity index (χ1v) is 6.73. The molecular weight excluding hydrogens is 294 g/mol. The lowest BCUT2D eigenvalue weighted by Crippen LogP contribution is -2.23. The average Bonchev–Trinajstić information content (AvgIpc) is 2.78. The van der Waals surface area contributed by atoms with Crippen molar-refractivity contribution in [1.82, 2.24) is 20.1 Å². The molecule has 0 bridgehead atoms. The molecule has 2 rings (SSSR count). The number of hydrogen-bond acceptors (Lipinski definition) is 4. The van der Waals surface area contributed by atoms with Crippen LogP contribution in [0.2, 0.25) is 0 Å². The highest BCUT2D eigenvalue weighted by Crippen LogP contribution is 2.16. The van der Waals surface area contributed by atoms with Crippen LogP contribution in [0.25, 0.3) is 0 Å². The lowest BCUT2D eigenvalue weighted by molar-refractivity contribution is 0.291. The van der Waals surface area contributed by atoms with Gasteiger partial charge in [0.25, 0.3) is 0 Å². The van der Waals surface area contributed by atoms with E-state index in [2.05, 4.69) is 20.8 Å². The molecular formula is C12H15N5OS2. The van der Waals surface area contributed by atoms with Gasteiger partial charge in [-0.2, -0.15) is 5.10 Å². The normalized spacial score (nSPS) is 10.1. The highest BCUT2D eigenvalue weighted by Gasteiger charge is 2.03. The van der Waals surface area contributed by atoms with Crippen LogP contribution >= 0.6 is 24.4 Å². The predicted molar refractivity (Wildman–Crippen MR) is 84.4 cm³/mol. The van der Waals surface area contributed by atoms with Crippen LogP contribution in [-0.2, 0) is 13.7 Å². The largest absolute Gasteiger partial charge is 0.486 e. The molecule has 0 aliphatic carbocycles. The van der Waals surface area contributed by atoms with E-state index >= 15 is 0 Å². The van der Waals surface area contributed by atoms with Gasteiger partial charge < -0.3 is 19.9 Å². The van der Waals surface area contributed by atoms with E-state index in [0.29, 0.717) is 16.5 Å². The second kappa shape index (κ2) is 6.49. The number of aromatic nitrogens is 3. The second-order valence-electron chi connectivity index (χ2n) is 4.02. The van der Waals surface area contributed by atoms with Crippen molar-refractivity contribution in [3.8, 4) is 5.75 Å². The molecule has 3 N–H and O–H groups in total. The Labute approximate surface area is 127 Å². The second-order valence-corrected chi connectivity index (χ2v) is 4.82. The molecule has 1 aromatic heterocycles. The fraction of sp³-hybridized carbons (Fsp3) is 0.250. The van der Waals surface area contributed by atoms with Gasteiger partial charge in [0.15, 0.2) is 15.7 Å². The van der Waals surface area contributed by atoms with Gasteiger partial charge in [-0.15, -0.1) is 0 Å². The zero-order valence-electron chi connectivity index (χ0n) is 11.1. The molecule has 0 saturated heterocycles. The first-order valence-electron chi connectivity index (χ1n) is 5.92. The summed E-state index contributed by atoms with van der Waals surface area (Å²) in [7, 11) is 3.61. The van der Waals surface area contributed by atoms with Gasteiger partial charge in [0, 0.05) is 19.8 Å². The molecule has 1 aromatic carbocycles. The molecule has 2 aromatic rings. The average molecular weight is 309 g/mol. The molecule has 106 valence electrons. The highest BCUT2D eigenvalue weighted by atomic mass is 32.1. The predicted octanol–water partition coefficient (Wildman–Crippen LogP) is 1.97. The summed E-state index contributed by atoms with van der Waals surface area (Å²) in [5.74, 6) is 1.49. The zero-order chi connectivity index (χ0) is 14.5. The summed E-state index contributed by atoms with van der Waals surface area (Å²) < 4.78 is 7.99. The number of ether oxygens (including phenoxy) is 1. The van der Waals surface area contributed by atoms with E-state index in [1.807, 2.05) is 31.3 Å². The van der Waals surface area contributed by atoms with Crippen molar-refractivity contribution >= 4 is 35.2 Å². The number of benzene rings is 1. The Morgan fingerprint density at radius 3 is 2.65 bits per heavy atom. The van der Waals surface area contributed by atoms with Crippen LogP contribution in [0.1, 0.15) is 5.82 Å². The molecule has 8 heteroatoms. The van der Waals surface area contributed by atoms with Crippen molar-refractivity contribution in [3.63, 3.8) is 0 Å². The summed E-state index contributed by atoms with van der Waals surface area (Å²) in [6.45, 7) is 0.353. The van der Waals surface area contributed by atoms with E-state index in [-0.39, 0.29) is 0 Å². The molecule has 0 saturated carbocycles. The van der Waals surface area contributed by atoms with Crippen molar-refractivity contribution in [2.75, 3.05) is 12.4 Å². The number of hydrogen-bond donors (Lipinski definition) is 3. The van der Waals surface area contributed by atoms with Crippen molar-refractivity contribution in [2.24, 2.45) is 7.05 Å². The molecule has 0 aliphatic rings. The van der Waals surface area contributed by atoms with Gasteiger partial charge in [-0.05, 0) is 48.7 Å². The summed E-state index contributed by atoms with van der Waals surface area (Å²) in [5, 5.41) is 13.2. The Hall–Kier alpha value is -1.93. The lowest BCUT2D eigenvalue weighted by Gasteiger charge is -2.09. The van der Waals surface area contributed by atoms with Crippen molar-refractivity contribution < 1.29 is 4.74 Å². The maximum absolute atomic E-state index is 5.65. The quantitative estimate of drug-likeness (QED) is 0.751. The number of aromatic amines is 1. The number of rotatable bonds is 4. The Balaban J connectivity index is 1.95. The van der Waals surface area contributed by atoms with Crippen molar-refractivity contribution in [3.05, 3.63) is 34.9 Å². The fourth-order valence-electron chi connectivity index (χ4n) is 1.48. The van der Waals surface area contributed by atoms with Crippen LogP contribution in [0.4, 0.5) is 5.69 Å². The number of H-pyrrole nitrogens is 1. The van der Waals surface area contributed by atoms with Gasteiger partial charge in [0.1, 0.15) is 12.4 Å². The van der Waals surface area contributed by atoms with Crippen molar-refractivity contribution in [2.45, 2.75) is 6.61 Å². The molecule has 0 fully saturated rings. The van der Waals surface area contributed by atoms with E-state index < -0.39 is 0 Å². The van der Waals surface area contributed by atoms with Crippen LogP contribution in [0.15, 0.2) is 24.3 Å². The smallest absolute Gasteiger partial charge is 0.194 e. The van der Waals surface area contributed by atoms with Crippen LogP contribution in [0, 0.1) is 4.77 Å². The third kappa shape index (κ3) is 3.55. The van der Waals surface area contributed by atoms with Crippen LogP contribution in [0.3, 0.4) is 0 Å². The Morgan fingerprint density at radius 2 is 2.10 bits per heavy atom. The van der Waals surface area contributed by atoms with E-state index in [0.717, 1.165) is 17.3 Å². The van der Waals surface area contributed by atoms with Crippen LogP contribution in [0.5, 0.6) is 5.75 Å². The van der Waals surface area contributed by atoms with E-state index in [4.69, 9.17) is 29.2 Å². The Kier molecular flexibility index (Phi) is 4.70. The van der Waals surface area contributed by atoms with Gasteiger partial charge in [-0.1, -0.05) is 0 Å². The summed E-state index contributed by atoms with van der Waals surface area (Å²) in [5.41, 5.74) is 0.898. The maximum atomic E-state index is 5.65. The molecule has 0 unspecified atom stereocenters. The molecule has 0 aliphatic heterocycles. The van der Waals surface area contributed by atoms with E-state index in [1.54, 1.807) is 11.6 Å². The number of nitrogens with one attached hydrogen (secondary N) is 3. The van der Waals surface area contributed by atoms with Crippen molar-refractivity contribution in [1.29, 1.82) is 0 Å². The van der Waals surface area contributed by atoms with Gasteiger partial charge in [-0.3, -0.25) is 5.10 Å². The minimum atomic E-state index is 0.353. The van der Waals surface area contributed by atoms with Gasteiger partial charge in [-0.25, -0.2) is 0 Å². The number of nitrogens with zero attached hydrogens (tertiary/aromatic N) is 2. The summed E-state index contributed by atoms with van der Waals surface area (Å²) >= 11 is 10.1. The molecule has 0 amide bonds. The summed E-state index contributed by atoms with van der Waals surface area (Å²) in [6, 6.07) is 7.51. The first-order chi connectivity index (χ1) is 9.60. The standard InChI is InChI=1S/C12H15N5OS2/c1-13-11(19)14-8-3-5-9(6-4-8)18-7-10-15-16-12(20)17(10)2/h3-6H,7H2,1-2H3,(H,16,20)(H2,13,14,19). The topological polar surface area (TPSA) is 66.9 Å². The Bertz CT molecular complexity index is 647. The highest BCUT2D eigenvalue weighted by molar-refractivity contribution is 7.80. The van der Waals surface area contributed by atoms with Crippen LogP contribution in [-0.4, -0.2) is 26.9 Å². The summed E-state index contributed by atoms with van der Waals surface area (Å²) in [6.07, 6.45) is 0. The first kappa shape index (κ1) is 14.5. The summed E-state index contributed by atoms with van der Waals surface area (Å²) in [4.78, 5) is 0. The lowest BCUT2D eigenvalue weighted by atomic mass is 10.3. The third-order valence-corrected chi connectivity index (χ3v) is 3.35. The van der Waals surface area contributed by atoms with Crippen LogP contribution < -0.4 is 15.4 Å². The van der Waals surface area contributed by atoms with Gasteiger partial charge in [0.2, 0.25) is 0 Å². The molecule has 0 atom stereocenters. The van der Waals surface area contributed by atoms with E-state index in [9.17, 15) is 0 Å².